The first-order valence-corrected chi connectivity index (χ1v) is 8.25. The van der Waals surface area contributed by atoms with Gasteiger partial charge in [-0.05, 0) is 36.8 Å². The maximum atomic E-state index is 6.38. The van der Waals surface area contributed by atoms with Gasteiger partial charge in [0.15, 0.2) is 0 Å². The lowest BCUT2D eigenvalue weighted by atomic mass is 9.62. The molecule has 0 spiro atoms. The molecule has 116 valence electrons. The molecule has 0 amide bonds. The summed E-state index contributed by atoms with van der Waals surface area (Å²) < 4.78 is 12.6. The molecule has 3 atom stereocenters. The molecule has 4 rings (SSSR count). The first kappa shape index (κ1) is 15.1. The highest BCUT2D eigenvalue weighted by atomic mass is 16.5. The van der Waals surface area contributed by atoms with Gasteiger partial charge >= 0.3 is 0 Å². The maximum Gasteiger partial charge on any atom is 0.0730 e. The third-order valence-electron chi connectivity index (χ3n) is 5.87. The minimum absolute atomic E-state index is 0.0498. The molecule has 2 heteroatoms. The van der Waals surface area contributed by atoms with Gasteiger partial charge in [0.05, 0.1) is 24.9 Å². The van der Waals surface area contributed by atoms with Crippen molar-refractivity contribution in [3.05, 3.63) is 35.4 Å². The topological polar surface area (TPSA) is 18.5 Å². The quantitative estimate of drug-likeness (QED) is 0.812. The summed E-state index contributed by atoms with van der Waals surface area (Å²) in [5.41, 5.74) is 2.87. The highest BCUT2D eigenvalue weighted by Crippen LogP contribution is 2.52. The lowest BCUT2D eigenvalue weighted by Gasteiger charge is -2.57. The van der Waals surface area contributed by atoms with Crippen LogP contribution in [0.25, 0.3) is 0 Å². The number of rotatable bonds is 4. The number of fused-ring (bicyclic) bond motifs is 3. The monoisotopic (exact) mass is 288 g/mol. The van der Waals surface area contributed by atoms with Crippen molar-refractivity contribution in [2.24, 2.45) is 11.3 Å². The van der Waals surface area contributed by atoms with Crippen LogP contribution in [-0.4, -0.2) is 18.3 Å². The van der Waals surface area contributed by atoms with Crippen LogP contribution >= 0.6 is 0 Å². The van der Waals surface area contributed by atoms with Crippen LogP contribution in [0.5, 0.6) is 0 Å². The normalized spacial score (nSPS) is 35.4. The van der Waals surface area contributed by atoms with E-state index >= 15 is 0 Å². The van der Waals surface area contributed by atoms with Gasteiger partial charge in [0.1, 0.15) is 0 Å². The summed E-state index contributed by atoms with van der Waals surface area (Å²) in [6.07, 6.45) is 3.78. The van der Waals surface area contributed by atoms with E-state index in [1.54, 1.807) is 0 Å². The second-order valence-electron chi connectivity index (χ2n) is 7.59. The first-order chi connectivity index (χ1) is 9.95. The molecule has 2 saturated heterocycles. The average molecular weight is 288 g/mol. The lowest BCUT2D eigenvalue weighted by Crippen LogP contribution is -2.60. The van der Waals surface area contributed by atoms with Crippen molar-refractivity contribution in [1.29, 1.82) is 0 Å². The molecule has 2 aliphatic heterocycles. The number of hydrogen-bond donors (Lipinski definition) is 0. The summed E-state index contributed by atoms with van der Waals surface area (Å²) >= 11 is 0. The van der Waals surface area contributed by atoms with Gasteiger partial charge in [-0.15, -0.1) is 0 Å². The zero-order chi connectivity index (χ0) is 15.1. The highest BCUT2D eigenvalue weighted by Gasteiger charge is 2.54. The van der Waals surface area contributed by atoms with E-state index in [-0.39, 0.29) is 11.0 Å². The van der Waals surface area contributed by atoms with Gasteiger partial charge in [0.2, 0.25) is 0 Å². The SMILES string of the molecule is Cc1ccccc1CO[C@@H]1C[C@]2(C(C)C)CC[C@@]1(C)CO2. The molecular formula is C19H28O2. The zero-order valence-electron chi connectivity index (χ0n) is 13.8. The van der Waals surface area contributed by atoms with Gasteiger partial charge < -0.3 is 9.47 Å². The Balaban J connectivity index is 1.72. The average Bonchev–Trinajstić information content (AvgIpc) is 2.47. The summed E-state index contributed by atoms with van der Waals surface area (Å²) in [7, 11) is 0. The van der Waals surface area contributed by atoms with Gasteiger partial charge in [0, 0.05) is 11.8 Å². The molecule has 1 aliphatic carbocycles. The zero-order valence-corrected chi connectivity index (χ0v) is 13.8. The standard InChI is InChI=1S/C19H28O2/c1-14(2)19-10-9-18(4,13-21-19)17(11-19)20-12-16-8-6-5-7-15(16)3/h5-8,14,17H,9-13H2,1-4H3/t17-,18+,19+/m1/s1. The van der Waals surface area contributed by atoms with Crippen molar-refractivity contribution in [2.75, 3.05) is 6.61 Å². The van der Waals surface area contributed by atoms with E-state index in [2.05, 4.69) is 52.0 Å². The fraction of sp³-hybridized carbons (Fsp3) is 0.684. The molecule has 21 heavy (non-hydrogen) atoms. The third-order valence-corrected chi connectivity index (χ3v) is 5.87. The number of benzene rings is 1. The van der Waals surface area contributed by atoms with Crippen LogP contribution < -0.4 is 0 Å². The second kappa shape index (κ2) is 5.40. The van der Waals surface area contributed by atoms with E-state index in [0.29, 0.717) is 12.0 Å². The van der Waals surface area contributed by atoms with Gasteiger partial charge in [-0.1, -0.05) is 45.0 Å². The van der Waals surface area contributed by atoms with Crippen molar-refractivity contribution in [3.63, 3.8) is 0 Å². The minimum atomic E-state index is 0.0498. The van der Waals surface area contributed by atoms with Crippen molar-refractivity contribution in [1.82, 2.24) is 0 Å². The molecular weight excluding hydrogens is 260 g/mol. The Bertz CT molecular complexity index is 498. The van der Waals surface area contributed by atoms with E-state index in [1.807, 2.05) is 0 Å². The molecule has 0 N–H and O–H groups in total. The molecule has 2 nitrogen and oxygen atoms in total. The summed E-state index contributed by atoms with van der Waals surface area (Å²) in [5.74, 6) is 0.562. The molecule has 0 radical (unpaired) electrons. The first-order valence-electron chi connectivity index (χ1n) is 8.25. The van der Waals surface area contributed by atoms with E-state index in [0.717, 1.165) is 19.6 Å². The molecule has 1 saturated carbocycles. The van der Waals surface area contributed by atoms with E-state index in [9.17, 15) is 0 Å². The van der Waals surface area contributed by atoms with E-state index in [1.165, 1.54) is 24.0 Å². The predicted octanol–water partition coefficient (Wildman–Crippen LogP) is 4.50. The third kappa shape index (κ3) is 2.64. The van der Waals surface area contributed by atoms with Crippen LogP contribution in [0.15, 0.2) is 24.3 Å². The Morgan fingerprint density at radius 1 is 1.29 bits per heavy atom. The van der Waals surface area contributed by atoms with Crippen molar-refractivity contribution in [2.45, 2.75) is 65.3 Å². The lowest BCUT2D eigenvalue weighted by molar-refractivity contribution is -0.254. The summed E-state index contributed by atoms with van der Waals surface area (Å²) in [6, 6.07) is 8.52. The smallest absolute Gasteiger partial charge is 0.0730 e. The van der Waals surface area contributed by atoms with Crippen LogP contribution in [0.3, 0.4) is 0 Å². The van der Waals surface area contributed by atoms with E-state index in [4.69, 9.17) is 9.47 Å². The summed E-state index contributed by atoms with van der Waals surface area (Å²) in [4.78, 5) is 0. The Morgan fingerprint density at radius 2 is 2.05 bits per heavy atom. The fourth-order valence-electron chi connectivity index (χ4n) is 3.84. The van der Waals surface area contributed by atoms with Crippen molar-refractivity contribution >= 4 is 0 Å². The Hall–Kier alpha value is -0.860. The summed E-state index contributed by atoms with van der Waals surface area (Å²) in [6.45, 7) is 10.6. The van der Waals surface area contributed by atoms with Gasteiger partial charge in [0.25, 0.3) is 0 Å². The van der Waals surface area contributed by atoms with Crippen LogP contribution in [-0.2, 0) is 16.1 Å². The van der Waals surface area contributed by atoms with Crippen molar-refractivity contribution < 1.29 is 9.47 Å². The highest BCUT2D eigenvalue weighted by molar-refractivity contribution is 5.24. The van der Waals surface area contributed by atoms with E-state index < -0.39 is 0 Å². The molecule has 2 heterocycles. The molecule has 1 aromatic rings. The fourth-order valence-corrected chi connectivity index (χ4v) is 3.84. The number of ether oxygens (including phenoxy) is 2. The van der Waals surface area contributed by atoms with Crippen LogP contribution in [0.4, 0.5) is 0 Å². The molecule has 3 fully saturated rings. The molecule has 0 unspecified atom stereocenters. The number of aryl methyl sites for hydroxylation is 1. The largest absolute Gasteiger partial charge is 0.374 e. The Labute approximate surface area is 128 Å². The molecule has 3 aliphatic rings. The molecule has 0 aromatic heterocycles. The van der Waals surface area contributed by atoms with Crippen LogP contribution in [0.2, 0.25) is 0 Å². The summed E-state index contributed by atoms with van der Waals surface area (Å²) in [5, 5.41) is 0. The predicted molar refractivity (Wildman–Crippen MR) is 85.2 cm³/mol. The molecule has 1 aromatic carbocycles. The van der Waals surface area contributed by atoms with Crippen LogP contribution in [0.1, 0.15) is 51.2 Å². The maximum absolute atomic E-state index is 6.38. The van der Waals surface area contributed by atoms with Gasteiger partial charge in [-0.2, -0.15) is 0 Å². The number of hydrogen-bond acceptors (Lipinski definition) is 2. The van der Waals surface area contributed by atoms with Crippen LogP contribution in [0, 0.1) is 18.3 Å². The van der Waals surface area contributed by atoms with Crippen molar-refractivity contribution in [3.8, 4) is 0 Å². The van der Waals surface area contributed by atoms with Gasteiger partial charge in [-0.3, -0.25) is 0 Å². The second-order valence-corrected chi connectivity index (χ2v) is 7.59. The van der Waals surface area contributed by atoms with Gasteiger partial charge in [-0.25, -0.2) is 0 Å². The minimum Gasteiger partial charge on any atom is -0.374 e. The Kier molecular flexibility index (Phi) is 3.87. The molecule has 2 bridgehead atoms. The Morgan fingerprint density at radius 3 is 2.67 bits per heavy atom.